The van der Waals surface area contributed by atoms with Gasteiger partial charge >= 0.3 is 0 Å². The highest BCUT2D eigenvalue weighted by atomic mass is 15.0. The Morgan fingerprint density at radius 1 is 1.31 bits per heavy atom. The maximum Gasteiger partial charge on any atom is 0.0210 e. The minimum atomic E-state index is 0.414. The van der Waals surface area contributed by atoms with Gasteiger partial charge in [-0.3, -0.25) is 0 Å². The topological polar surface area (TPSA) is 12.0 Å². The highest BCUT2D eigenvalue weighted by Crippen LogP contribution is 2.34. The number of benzene rings is 1. The fourth-order valence-corrected chi connectivity index (χ4v) is 2.33. The standard InChI is InChI=1S/C15H21N/c1-3-15(10-7-11-15)16-12-13(2)14-8-5-4-6-9-14/h4-6,8-9,16H,2-3,7,10-12H2,1H3. The predicted molar refractivity (Wildman–Crippen MR) is 70.4 cm³/mol. The van der Waals surface area contributed by atoms with E-state index in [4.69, 9.17) is 0 Å². The second-order valence-corrected chi connectivity index (χ2v) is 4.81. The van der Waals surface area contributed by atoms with Crippen molar-refractivity contribution in [3.63, 3.8) is 0 Å². The number of hydrogen-bond acceptors (Lipinski definition) is 1. The van der Waals surface area contributed by atoms with E-state index in [1.807, 2.05) is 6.07 Å². The van der Waals surface area contributed by atoms with Gasteiger partial charge in [-0.25, -0.2) is 0 Å². The van der Waals surface area contributed by atoms with E-state index in [9.17, 15) is 0 Å². The van der Waals surface area contributed by atoms with E-state index in [1.54, 1.807) is 0 Å². The van der Waals surface area contributed by atoms with Crippen LogP contribution in [0.5, 0.6) is 0 Å². The summed E-state index contributed by atoms with van der Waals surface area (Å²) < 4.78 is 0. The fraction of sp³-hybridized carbons (Fsp3) is 0.467. The molecule has 1 aromatic carbocycles. The lowest BCUT2D eigenvalue weighted by Gasteiger charge is -2.42. The van der Waals surface area contributed by atoms with Gasteiger partial charge < -0.3 is 5.32 Å². The highest BCUT2D eigenvalue weighted by molar-refractivity contribution is 5.64. The van der Waals surface area contributed by atoms with Gasteiger partial charge in [0.25, 0.3) is 0 Å². The first-order valence-corrected chi connectivity index (χ1v) is 6.24. The van der Waals surface area contributed by atoms with E-state index in [2.05, 4.69) is 43.1 Å². The van der Waals surface area contributed by atoms with Crippen molar-refractivity contribution < 1.29 is 0 Å². The van der Waals surface area contributed by atoms with Gasteiger partial charge in [0.15, 0.2) is 0 Å². The van der Waals surface area contributed by atoms with Crippen LogP contribution in [0.25, 0.3) is 5.57 Å². The van der Waals surface area contributed by atoms with Crippen molar-refractivity contribution in [1.29, 1.82) is 0 Å². The summed E-state index contributed by atoms with van der Waals surface area (Å²) in [5.41, 5.74) is 2.86. The molecule has 1 saturated carbocycles. The van der Waals surface area contributed by atoms with Crippen LogP contribution in [0.3, 0.4) is 0 Å². The van der Waals surface area contributed by atoms with Crippen LogP contribution in [-0.4, -0.2) is 12.1 Å². The summed E-state index contributed by atoms with van der Waals surface area (Å²) in [6.45, 7) is 7.35. The van der Waals surface area contributed by atoms with E-state index >= 15 is 0 Å². The molecular formula is C15H21N. The summed E-state index contributed by atoms with van der Waals surface area (Å²) in [4.78, 5) is 0. The van der Waals surface area contributed by atoms with Gasteiger partial charge in [-0.05, 0) is 36.8 Å². The Labute approximate surface area is 98.6 Å². The largest absolute Gasteiger partial charge is 0.307 e. The SMILES string of the molecule is C=C(CNC1(CC)CCC1)c1ccccc1. The summed E-state index contributed by atoms with van der Waals surface area (Å²) in [6.07, 6.45) is 5.25. The summed E-state index contributed by atoms with van der Waals surface area (Å²) in [7, 11) is 0. The van der Waals surface area contributed by atoms with Gasteiger partial charge in [-0.1, -0.05) is 43.8 Å². The molecule has 86 valence electrons. The molecule has 1 aliphatic rings. The molecule has 1 nitrogen and oxygen atoms in total. The molecule has 0 radical (unpaired) electrons. The van der Waals surface area contributed by atoms with Crippen molar-refractivity contribution >= 4 is 5.57 Å². The van der Waals surface area contributed by atoms with Crippen LogP contribution >= 0.6 is 0 Å². The molecule has 0 saturated heterocycles. The average molecular weight is 215 g/mol. The van der Waals surface area contributed by atoms with Crippen molar-refractivity contribution in [2.45, 2.75) is 38.1 Å². The summed E-state index contributed by atoms with van der Waals surface area (Å²) in [5, 5.41) is 3.68. The maximum absolute atomic E-state index is 4.16. The second-order valence-electron chi connectivity index (χ2n) is 4.81. The molecule has 0 spiro atoms. The Morgan fingerprint density at radius 2 is 2.00 bits per heavy atom. The third-order valence-corrected chi connectivity index (χ3v) is 3.85. The molecule has 0 bridgehead atoms. The van der Waals surface area contributed by atoms with Crippen molar-refractivity contribution in [3.05, 3.63) is 42.5 Å². The van der Waals surface area contributed by atoms with Gasteiger partial charge in [0.2, 0.25) is 0 Å². The molecule has 16 heavy (non-hydrogen) atoms. The molecular weight excluding hydrogens is 194 g/mol. The average Bonchev–Trinajstić information content (AvgIpc) is 2.29. The van der Waals surface area contributed by atoms with Crippen LogP contribution < -0.4 is 5.32 Å². The van der Waals surface area contributed by atoms with Crippen molar-refractivity contribution in [2.75, 3.05) is 6.54 Å². The lowest BCUT2D eigenvalue weighted by atomic mass is 9.74. The summed E-state index contributed by atoms with van der Waals surface area (Å²) in [6, 6.07) is 10.4. The van der Waals surface area contributed by atoms with Gasteiger partial charge in [0, 0.05) is 12.1 Å². The third-order valence-electron chi connectivity index (χ3n) is 3.85. The van der Waals surface area contributed by atoms with Crippen LogP contribution in [0.15, 0.2) is 36.9 Å². The Kier molecular flexibility index (Phi) is 3.45. The van der Waals surface area contributed by atoms with E-state index in [-0.39, 0.29) is 0 Å². The van der Waals surface area contributed by atoms with Gasteiger partial charge in [0.1, 0.15) is 0 Å². The zero-order valence-corrected chi connectivity index (χ0v) is 10.1. The first-order chi connectivity index (χ1) is 7.76. The summed E-state index contributed by atoms with van der Waals surface area (Å²) >= 11 is 0. The number of rotatable bonds is 5. The zero-order valence-electron chi connectivity index (χ0n) is 10.1. The van der Waals surface area contributed by atoms with Gasteiger partial charge in [0.05, 0.1) is 0 Å². The molecule has 0 heterocycles. The van der Waals surface area contributed by atoms with E-state index in [0.29, 0.717) is 5.54 Å². The highest BCUT2D eigenvalue weighted by Gasteiger charge is 2.34. The predicted octanol–water partition coefficient (Wildman–Crippen LogP) is 3.62. The summed E-state index contributed by atoms with van der Waals surface area (Å²) in [5.74, 6) is 0. The van der Waals surface area contributed by atoms with E-state index in [1.165, 1.54) is 36.8 Å². The Balaban J connectivity index is 1.89. The maximum atomic E-state index is 4.16. The Hall–Kier alpha value is -1.08. The molecule has 0 unspecified atom stereocenters. The Bertz CT molecular complexity index is 343. The molecule has 1 fully saturated rings. The van der Waals surface area contributed by atoms with Gasteiger partial charge in [-0.2, -0.15) is 0 Å². The minimum absolute atomic E-state index is 0.414. The fourth-order valence-electron chi connectivity index (χ4n) is 2.33. The van der Waals surface area contributed by atoms with Crippen LogP contribution in [0, 0.1) is 0 Å². The first kappa shape index (κ1) is 11.4. The number of nitrogens with one attached hydrogen (secondary N) is 1. The molecule has 0 amide bonds. The third kappa shape index (κ3) is 2.35. The molecule has 2 rings (SSSR count). The van der Waals surface area contributed by atoms with Crippen molar-refractivity contribution in [1.82, 2.24) is 5.32 Å². The zero-order chi connectivity index (χ0) is 11.4. The number of hydrogen-bond donors (Lipinski definition) is 1. The van der Waals surface area contributed by atoms with Crippen LogP contribution in [0.1, 0.15) is 38.2 Å². The smallest absolute Gasteiger partial charge is 0.0210 e. The minimum Gasteiger partial charge on any atom is -0.307 e. The van der Waals surface area contributed by atoms with Crippen LogP contribution in [0.4, 0.5) is 0 Å². The molecule has 1 heteroatoms. The quantitative estimate of drug-likeness (QED) is 0.791. The lowest BCUT2D eigenvalue weighted by Crippen LogP contribution is -2.50. The molecule has 0 atom stereocenters. The second kappa shape index (κ2) is 4.84. The normalized spacial score (nSPS) is 17.8. The lowest BCUT2D eigenvalue weighted by molar-refractivity contribution is 0.186. The molecule has 1 aromatic rings. The Morgan fingerprint density at radius 3 is 2.50 bits per heavy atom. The molecule has 1 N–H and O–H groups in total. The van der Waals surface area contributed by atoms with Crippen molar-refractivity contribution in [3.8, 4) is 0 Å². The van der Waals surface area contributed by atoms with E-state index < -0.39 is 0 Å². The molecule has 0 aromatic heterocycles. The van der Waals surface area contributed by atoms with Gasteiger partial charge in [-0.15, -0.1) is 0 Å². The molecule has 0 aliphatic heterocycles. The first-order valence-electron chi connectivity index (χ1n) is 6.24. The monoisotopic (exact) mass is 215 g/mol. The van der Waals surface area contributed by atoms with Crippen LogP contribution in [0.2, 0.25) is 0 Å². The van der Waals surface area contributed by atoms with Crippen LogP contribution in [-0.2, 0) is 0 Å². The van der Waals surface area contributed by atoms with E-state index in [0.717, 1.165) is 6.54 Å². The van der Waals surface area contributed by atoms with Crippen molar-refractivity contribution in [2.24, 2.45) is 0 Å². The molecule has 1 aliphatic carbocycles.